The van der Waals surface area contributed by atoms with E-state index in [1.165, 1.54) is 11.0 Å². The largest absolute Gasteiger partial charge is 0.352 e. The summed E-state index contributed by atoms with van der Waals surface area (Å²) in [5.41, 5.74) is 1.30. The molecule has 0 fully saturated rings. The highest BCUT2D eigenvalue weighted by Gasteiger charge is 2.34. The predicted molar refractivity (Wildman–Crippen MR) is 155 cm³/mol. The number of nitrogens with zero attached hydrogens (tertiary/aromatic N) is 2. The number of benzene rings is 3. The third-order valence-corrected chi connectivity index (χ3v) is 8.17. The Morgan fingerprint density at radius 1 is 0.974 bits per heavy atom. The van der Waals surface area contributed by atoms with E-state index in [2.05, 4.69) is 21.2 Å². The van der Waals surface area contributed by atoms with Crippen LogP contribution in [0, 0.1) is 5.82 Å². The van der Waals surface area contributed by atoms with Gasteiger partial charge < -0.3 is 10.2 Å². The van der Waals surface area contributed by atoms with Crippen molar-refractivity contribution < 1.29 is 22.4 Å². The molecule has 3 aromatic carbocycles. The lowest BCUT2D eigenvalue weighted by atomic mass is 10.0. The number of halogens is 2. The van der Waals surface area contributed by atoms with Gasteiger partial charge >= 0.3 is 0 Å². The Morgan fingerprint density at radius 3 is 2.21 bits per heavy atom. The Morgan fingerprint density at radius 2 is 1.59 bits per heavy atom. The van der Waals surface area contributed by atoms with Crippen LogP contribution >= 0.6 is 15.9 Å². The lowest BCUT2D eigenvalue weighted by Crippen LogP contribution is -2.54. The molecule has 10 heteroatoms. The molecule has 2 atom stereocenters. The van der Waals surface area contributed by atoms with Gasteiger partial charge in [0.25, 0.3) is 0 Å². The number of hydrogen-bond donors (Lipinski definition) is 1. The summed E-state index contributed by atoms with van der Waals surface area (Å²) in [6.45, 7) is 3.00. The Hall–Kier alpha value is -3.24. The quantitative estimate of drug-likeness (QED) is 0.313. The van der Waals surface area contributed by atoms with Crippen LogP contribution in [0.15, 0.2) is 83.3 Å². The van der Waals surface area contributed by atoms with E-state index < -0.39 is 40.2 Å². The summed E-state index contributed by atoms with van der Waals surface area (Å²) in [4.78, 5) is 28.9. The molecule has 2 amide bonds. The zero-order valence-electron chi connectivity index (χ0n) is 22.2. The molecule has 0 saturated carbocycles. The second kappa shape index (κ2) is 13.7. The fourth-order valence-corrected chi connectivity index (χ4v) is 5.53. The Balaban J connectivity index is 2.08. The maximum Gasteiger partial charge on any atom is 0.244 e. The van der Waals surface area contributed by atoms with Crippen molar-refractivity contribution in [3.8, 4) is 0 Å². The predicted octanol–water partition coefficient (Wildman–Crippen LogP) is 4.91. The number of nitrogens with one attached hydrogen (secondary N) is 1. The first-order chi connectivity index (χ1) is 18.5. The molecular weight excluding hydrogens is 585 g/mol. The minimum absolute atomic E-state index is 0.158. The van der Waals surface area contributed by atoms with E-state index in [0.717, 1.165) is 16.1 Å². The van der Waals surface area contributed by atoms with Crippen LogP contribution in [0.4, 0.5) is 10.1 Å². The number of carbonyl (C=O) groups is 2. The van der Waals surface area contributed by atoms with E-state index >= 15 is 0 Å². The van der Waals surface area contributed by atoms with E-state index in [4.69, 9.17) is 0 Å². The van der Waals surface area contributed by atoms with Gasteiger partial charge in [-0.15, -0.1) is 0 Å². The van der Waals surface area contributed by atoms with Gasteiger partial charge in [-0.1, -0.05) is 67.6 Å². The zero-order valence-corrected chi connectivity index (χ0v) is 24.6. The highest BCUT2D eigenvalue weighted by atomic mass is 79.9. The van der Waals surface area contributed by atoms with Gasteiger partial charge in [0.1, 0.15) is 18.4 Å². The highest BCUT2D eigenvalue weighted by Crippen LogP contribution is 2.28. The zero-order chi connectivity index (χ0) is 28.6. The molecule has 0 aliphatic rings. The molecule has 7 nitrogen and oxygen atoms in total. The summed E-state index contributed by atoms with van der Waals surface area (Å²) in [7, 11) is -3.90. The molecule has 0 radical (unpaired) electrons. The monoisotopic (exact) mass is 617 g/mol. The first kappa shape index (κ1) is 30.3. The molecule has 0 spiro atoms. The first-order valence-electron chi connectivity index (χ1n) is 12.6. The summed E-state index contributed by atoms with van der Waals surface area (Å²) < 4.78 is 41.9. The van der Waals surface area contributed by atoms with Gasteiger partial charge in [-0.25, -0.2) is 12.8 Å². The molecule has 208 valence electrons. The Bertz CT molecular complexity index is 1390. The van der Waals surface area contributed by atoms with Crippen molar-refractivity contribution in [1.29, 1.82) is 0 Å². The van der Waals surface area contributed by atoms with Crippen LogP contribution < -0.4 is 9.62 Å². The van der Waals surface area contributed by atoms with E-state index in [0.29, 0.717) is 10.9 Å². The van der Waals surface area contributed by atoms with Crippen molar-refractivity contribution in [2.75, 3.05) is 17.1 Å². The number of anilines is 1. The standard InChI is InChI=1S/C29H33BrFN3O4S/c1-4-21(2)32-29(36)27(18-22-12-6-5-7-13-22)33(19-23-14-8-10-16-25(23)31)28(35)20-34(39(3,37)38)26-17-11-9-15-24(26)30/h5-17,21,27H,4,18-20H2,1-3H3,(H,32,36)/t21-,27-/m0/s1. The summed E-state index contributed by atoms with van der Waals surface area (Å²) in [6, 6.07) is 20.7. The fraction of sp³-hybridized carbons (Fsp3) is 0.310. The van der Waals surface area contributed by atoms with Crippen LogP contribution in [0.25, 0.3) is 0 Å². The molecule has 0 aliphatic heterocycles. The average molecular weight is 619 g/mol. The number of para-hydroxylation sites is 1. The summed E-state index contributed by atoms with van der Waals surface area (Å²) >= 11 is 3.37. The molecule has 0 aliphatic carbocycles. The Kier molecular flexibility index (Phi) is 10.7. The minimum atomic E-state index is -3.90. The van der Waals surface area contributed by atoms with Crippen molar-refractivity contribution in [3.63, 3.8) is 0 Å². The SMILES string of the molecule is CC[C@H](C)NC(=O)[C@H](Cc1ccccc1)N(Cc1ccccc1F)C(=O)CN(c1ccccc1Br)S(C)(=O)=O. The van der Waals surface area contributed by atoms with Crippen molar-refractivity contribution in [1.82, 2.24) is 10.2 Å². The molecule has 0 heterocycles. The molecule has 1 N–H and O–H groups in total. The van der Waals surface area contributed by atoms with Gasteiger partial charge in [0, 0.05) is 29.0 Å². The number of rotatable bonds is 12. The van der Waals surface area contributed by atoms with Crippen LogP contribution in [0.5, 0.6) is 0 Å². The van der Waals surface area contributed by atoms with Crippen LogP contribution in [-0.4, -0.2) is 50.0 Å². The maximum atomic E-state index is 14.8. The highest BCUT2D eigenvalue weighted by molar-refractivity contribution is 9.10. The lowest BCUT2D eigenvalue weighted by Gasteiger charge is -2.34. The number of hydrogen-bond acceptors (Lipinski definition) is 4. The van der Waals surface area contributed by atoms with Crippen molar-refractivity contribution in [2.24, 2.45) is 0 Å². The van der Waals surface area contributed by atoms with Gasteiger partial charge in [0.15, 0.2) is 0 Å². The van der Waals surface area contributed by atoms with Gasteiger partial charge in [0.05, 0.1) is 11.9 Å². The molecular formula is C29H33BrFN3O4S. The summed E-state index contributed by atoms with van der Waals surface area (Å²) in [5.74, 6) is -1.56. The Labute approximate surface area is 238 Å². The first-order valence-corrected chi connectivity index (χ1v) is 15.2. The molecule has 0 aromatic heterocycles. The van der Waals surface area contributed by atoms with Crippen LogP contribution in [0.3, 0.4) is 0 Å². The summed E-state index contributed by atoms with van der Waals surface area (Å²) in [6.07, 6.45) is 1.85. The second-order valence-corrected chi connectivity index (χ2v) is 12.1. The number of amides is 2. The van der Waals surface area contributed by atoms with Crippen LogP contribution in [0.1, 0.15) is 31.4 Å². The van der Waals surface area contributed by atoms with Gasteiger partial charge in [0.2, 0.25) is 21.8 Å². The van der Waals surface area contributed by atoms with E-state index in [-0.39, 0.29) is 30.3 Å². The number of carbonyl (C=O) groups excluding carboxylic acids is 2. The van der Waals surface area contributed by atoms with Crippen molar-refractivity contribution in [3.05, 3.63) is 100 Å². The molecule has 39 heavy (non-hydrogen) atoms. The molecule has 0 bridgehead atoms. The van der Waals surface area contributed by atoms with Gasteiger partial charge in [-0.3, -0.25) is 13.9 Å². The average Bonchev–Trinajstić information content (AvgIpc) is 2.90. The van der Waals surface area contributed by atoms with Gasteiger partial charge in [-0.05, 0) is 53.0 Å². The van der Waals surface area contributed by atoms with Gasteiger partial charge in [-0.2, -0.15) is 0 Å². The topological polar surface area (TPSA) is 86.8 Å². The lowest BCUT2D eigenvalue weighted by molar-refractivity contribution is -0.140. The van der Waals surface area contributed by atoms with Crippen molar-refractivity contribution in [2.45, 2.75) is 45.3 Å². The third-order valence-electron chi connectivity index (χ3n) is 6.37. The van der Waals surface area contributed by atoms with E-state index in [1.54, 1.807) is 42.5 Å². The van der Waals surface area contributed by atoms with E-state index in [9.17, 15) is 22.4 Å². The maximum absolute atomic E-state index is 14.8. The molecule has 3 aromatic rings. The van der Waals surface area contributed by atoms with E-state index in [1.807, 2.05) is 44.2 Å². The molecule has 0 unspecified atom stereocenters. The smallest absolute Gasteiger partial charge is 0.244 e. The summed E-state index contributed by atoms with van der Waals surface area (Å²) in [5, 5.41) is 2.94. The normalized spacial score (nSPS) is 12.8. The third kappa shape index (κ3) is 8.37. The molecule has 3 rings (SSSR count). The van der Waals surface area contributed by atoms with Crippen molar-refractivity contribution >= 4 is 43.5 Å². The molecule has 0 saturated heterocycles. The van der Waals surface area contributed by atoms with Crippen LogP contribution in [-0.2, 0) is 32.6 Å². The second-order valence-electron chi connectivity index (χ2n) is 9.36. The van der Waals surface area contributed by atoms with Crippen LogP contribution in [0.2, 0.25) is 0 Å². The number of sulfonamides is 1. The fourth-order valence-electron chi connectivity index (χ4n) is 4.05. The minimum Gasteiger partial charge on any atom is -0.352 e.